The molecule has 2 N–H and O–H groups in total. The second-order valence-electron chi connectivity index (χ2n) is 12.3. The molecule has 19 heteroatoms. The molecule has 0 bridgehead atoms. The minimum Gasteiger partial charge on any atom is -0.463 e. The Morgan fingerprint density at radius 1 is 0.652 bits per heavy atom. The SMILES string of the molecule is CCC(C)(C)C(=O)OC1CCC(CC(O)(C(F)(F)F)C(F)(F)F)C1.CCC(C)(C)C(=O)OCCOCC(O)(C(F)(F)F)C(F)(F)F. The summed E-state index contributed by atoms with van der Waals surface area (Å²) in [5.41, 5.74) is -11.3. The van der Waals surface area contributed by atoms with E-state index >= 15 is 0 Å². The Hall–Kier alpha value is -2.02. The number of alkyl halides is 12. The minimum atomic E-state index is -5.94. The summed E-state index contributed by atoms with van der Waals surface area (Å²) in [6.07, 6.45) is -24.7. The second kappa shape index (κ2) is 15.5. The summed E-state index contributed by atoms with van der Waals surface area (Å²) in [5, 5.41) is 18.0. The Morgan fingerprint density at radius 2 is 1.07 bits per heavy atom. The first-order valence-electron chi connectivity index (χ1n) is 14.0. The Bertz CT molecular complexity index is 958. The molecule has 1 saturated carbocycles. The van der Waals surface area contributed by atoms with Gasteiger partial charge in [0.05, 0.1) is 24.0 Å². The quantitative estimate of drug-likeness (QED) is 0.126. The lowest BCUT2D eigenvalue weighted by molar-refractivity contribution is -0.378. The summed E-state index contributed by atoms with van der Waals surface area (Å²) in [6.45, 7) is 6.66. The van der Waals surface area contributed by atoms with Crippen LogP contribution in [0.4, 0.5) is 52.7 Å². The number of esters is 2. The van der Waals surface area contributed by atoms with E-state index in [0.29, 0.717) is 12.8 Å². The van der Waals surface area contributed by atoms with Crippen molar-refractivity contribution in [3.63, 3.8) is 0 Å². The summed E-state index contributed by atoms with van der Waals surface area (Å²) in [6, 6.07) is 0. The molecule has 7 nitrogen and oxygen atoms in total. The van der Waals surface area contributed by atoms with E-state index in [2.05, 4.69) is 9.47 Å². The lowest BCUT2D eigenvalue weighted by Gasteiger charge is -2.34. The molecule has 274 valence electrons. The van der Waals surface area contributed by atoms with Gasteiger partial charge in [-0.1, -0.05) is 13.8 Å². The number of carbonyl (C=O) groups is 2. The van der Waals surface area contributed by atoms with E-state index in [1.54, 1.807) is 41.5 Å². The zero-order valence-electron chi connectivity index (χ0n) is 26.0. The van der Waals surface area contributed by atoms with Crippen LogP contribution in [-0.2, 0) is 23.8 Å². The molecule has 2 unspecified atom stereocenters. The first-order valence-corrected chi connectivity index (χ1v) is 14.0. The van der Waals surface area contributed by atoms with Crippen LogP contribution in [0.25, 0.3) is 0 Å². The van der Waals surface area contributed by atoms with Crippen LogP contribution in [-0.4, -0.2) is 84.0 Å². The van der Waals surface area contributed by atoms with Crippen molar-refractivity contribution in [2.45, 2.75) is 122 Å². The van der Waals surface area contributed by atoms with E-state index in [1.807, 2.05) is 0 Å². The third kappa shape index (κ3) is 11.3. The van der Waals surface area contributed by atoms with E-state index < -0.39 is 96.9 Å². The van der Waals surface area contributed by atoms with Gasteiger partial charge in [0.1, 0.15) is 12.7 Å². The Kier molecular flexibility index (Phi) is 14.8. The maximum Gasteiger partial charge on any atom is 0.428 e. The Morgan fingerprint density at radius 3 is 1.46 bits per heavy atom. The molecule has 0 aromatic carbocycles. The van der Waals surface area contributed by atoms with Crippen LogP contribution in [0.2, 0.25) is 0 Å². The lowest BCUT2D eigenvalue weighted by Crippen LogP contribution is -2.60. The van der Waals surface area contributed by atoms with Gasteiger partial charge in [-0.25, -0.2) is 0 Å². The molecule has 0 aromatic rings. The molecule has 0 saturated heterocycles. The van der Waals surface area contributed by atoms with Crippen molar-refractivity contribution in [2.75, 3.05) is 19.8 Å². The number of halogens is 12. The summed E-state index contributed by atoms with van der Waals surface area (Å²) in [5.74, 6) is -2.21. The third-order valence-electron chi connectivity index (χ3n) is 7.87. The van der Waals surface area contributed by atoms with Gasteiger partial charge in [0.25, 0.3) is 11.2 Å². The Balaban J connectivity index is 0.000000885. The van der Waals surface area contributed by atoms with Crippen molar-refractivity contribution in [2.24, 2.45) is 16.7 Å². The maximum absolute atomic E-state index is 12.7. The summed E-state index contributed by atoms with van der Waals surface area (Å²) in [7, 11) is 0. The zero-order valence-corrected chi connectivity index (χ0v) is 26.0. The highest BCUT2D eigenvalue weighted by molar-refractivity contribution is 5.76. The molecule has 0 radical (unpaired) electrons. The highest BCUT2D eigenvalue weighted by Gasteiger charge is 2.71. The molecule has 0 heterocycles. The summed E-state index contributed by atoms with van der Waals surface area (Å²) >= 11 is 0. The molecule has 2 atom stereocenters. The monoisotopic (exact) mass is 704 g/mol. The molecular weight excluding hydrogens is 664 g/mol. The molecule has 0 spiro atoms. The van der Waals surface area contributed by atoms with Crippen molar-refractivity contribution in [3.05, 3.63) is 0 Å². The summed E-state index contributed by atoms with van der Waals surface area (Å²) in [4.78, 5) is 23.4. The zero-order chi connectivity index (χ0) is 36.8. The van der Waals surface area contributed by atoms with Crippen LogP contribution in [0.1, 0.15) is 80.1 Å². The van der Waals surface area contributed by atoms with Crippen molar-refractivity contribution in [1.82, 2.24) is 0 Å². The van der Waals surface area contributed by atoms with Crippen LogP contribution in [0.3, 0.4) is 0 Å². The van der Waals surface area contributed by atoms with Gasteiger partial charge in [-0.05, 0) is 72.1 Å². The number of hydrogen-bond donors (Lipinski definition) is 2. The van der Waals surface area contributed by atoms with E-state index in [4.69, 9.17) is 9.84 Å². The largest absolute Gasteiger partial charge is 0.463 e. The van der Waals surface area contributed by atoms with Gasteiger partial charge in [0, 0.05) is 0 Å². The van der Waals surface area contributed by atoms with Crippen LogP contribution < -0.4 is 0 Å². The predicted octanol–water partition coefficient (Wildman–Crippen LogP) is 7.22. The van der Waals surface area contributed by atoms with Gasteiger partial charge in [-0.2, -0.15) is 52.7 Å². The van der Waals surface area contributed by atoms with Gasteiger partial charge < -0.3 is 24.4 Å². The third-order valence-corrected chi connectivity index (χ3v) is 7.87. The smallest absolute Gasteiger partial charge is 0.428 e. The van der Waals surface area contributed by atoms with Crippen LogP contribution in [0, 0.1) is 16.7 Å². The molecular formula is C27H40F12O7. The van der Waals surface area contributed by atoms with Crippen molar-refractivity contribution >= 4 is 11.9 Å². The first kappa shape index (κ1) is 44.0. The highest BCUT2D eigenvalue weighted by Crippen LogP contribution is 2.49. The lowest BCUT2D eigenvalue weighted by atomic mass is 9.88. The van der Waals surface area contributed by atoms with Crippen LogP contribution >= 0.6 is 0 Å². The molecule has 1 rings (SSSR count). The Labute approximate surface area is 257 Å². The van der Waals surface area contributed by atoms with Crippen molar-refractivity contribution in [3.8, 4) is 0 Å². The molecule has 46 heavy (non-hydrogen) atoms. The highest BCUT2D eigenvalue weighted by atomic mass is 19.4. The van der Waals surface area contributed by atoms with Crippen LogP contribution in [0.15, 0.2) is 0 Å². The van der Waals surface area contributed by atoms with Crippen molar-refractivity contribution < 1.29 is 86.7 Å². The first-order chi connectivity index (χ1) is 20.3. The van der Waals surface area contributed by atoms with E-state index in [-0.39, 0.29) is 19.3 Å². The molecule has 0 aromatic heterocycles. The van der Waals surface area contributed by atoms with Gasteiger partial charge >= 0.3 is 36.6 Å². The van der Waals surface area contributed by atoms with Crippen LogP contribution in [0.5, 0.6) is 0 Å². The fourth-order valence-corrected chi connectivity index (χ4v) is 3.66. The standard InChI is InChI=1S/C15H22F6O3.C12H18F6O4/c1-4-12(2,3)11(22)24-10-6-5-9(7-10)8-13(23,14(16,17)18)15(19,20)21;1-4-9(2,3)8(19)22-6-5-21-7-10(20,11(13,14)15)12(16,17)18/h9-10,23H,4-8H2,1-3H3;20H,4-7H2,1-3H3. The topological polar surface area (TPSA) is 102 Å². The molecule has 1 aliphatic carbocycles. The molecule has 0 amide bonds. The van der Waals surface area contributed by atoms with Gasteiger partial charge in [-0.3, -0.25) is 9.59 Å². The maximum atomic E-state index is 12.7. The average molecular weight is 705 g/mol. The molecule has 0 aliphatic heterocycles. The van der Waals surface area contributed by atoms with E-state index in [9.17, 15) is 67.4 Å². The second-order valence-corrected chi connectivity index (χ2v) is 12.3. The number of rotatable bonds is 12. The van der Waals surface area contributed by atoms with Gasteiger partial charge in [0.15, 0.2) is 0 Å². The number of hydrogen-bond acceptors (Lipinski definition) is 7. The fraction of sp³-hybridized carbons (Fsp3) is 0.926. The number of ether oxygens (including phenoxy) is 3. The summed E-state index contributed by atoms with van der Waals surface area (Å²) < 4.78 is 164. The van der Waals surface area contributed by atoms with E-state index in [1.165, 1.54) is 0 Å². The molecule has 1 aliphatic rings. The average Bonchev–Trinajstić information content (AvgIpc) is 3.32. The van der Waals surface area contributed by atoms with E-state index in [0.717, 1.165) is 0 Å². The van der Waals surface area contributed by atoms with Crippen molar-refractivity contribution in [1.29, 1.82) is 0 Å². The fourth-order valence-electron chi connectivity index (χ4n) is 3.66. The number of aliphatic hydroxyl groups is 2. The van der Waals surface area contributed by atoms with Gasteiger partial charge in [-0.15, -0.1) is 0 Å². The van der Waals surface area contributed by atoms with Gasteiger partial charge in [0.2, 0.25) is 0 Å². The number of carbonyl (C=O) groups excluding carboxylic acids is 2. The predicted molar refractivity (Wildman–Crippen MR) is 136 cm³/mol. The normalized spacial score (nSPS) is 19.0. The molecule has 1 fully saturated rings. The minimum absolute atomic E-state index is 0.0268.